The van der Waals surface area contributed by atoms with Gasteiger partial charge in [-0.3, -0.25) is 0 Å². The molecule has 0 saturated heterocycles. The maximum absolute atomic E-state index is 10.5. The van der Waals surface area contributed by atoms with Gasteiger partial charge in [-0.25, -0.2) is 0 Å². The summed E-state index contributed by atoms with van der Waals surface area (Å²) in [5, 5.41) is 41.2. The second-order valence-corrected chi connectivity index (χ2v) is 9.43. The highest BCUT2D eigenvalue weighted by Gasteiger charge is 2.30. The SMILES string of the molecule is C=CC(C)(C)c1cc(C2COc3c(ccc(O)c3CCC(C)(C)O)C2)c(O)cc1O. The summed E-state index contributed by atoms with van der Waals surface area (Å²) in [4.78, 5) is 0. The van der Waals surface area contributed by atoms with Crippen LogP contribution in [0.1, 0.15) is 62.3 Å². The van der Waals surface area contributed by atoms with E-state index >= 15 is 0 Å². The van der Waals surface area contributed by atoms with Crippen LogP contribution in [0, 0.1) is 0 Å². The summed E-state index contributed by atoms with van der Waals surface area (Å²) in [5.74, 6) is 0.815. The number of hydrogen-bond donors (Lipinski definition) is 4. The van der Waals surface area contributed by atoms with Gasteiger partial charge in [0.2, 0.25) is 0 Å². The van der Waals surface area contributed by atoms with Crippen molar-refractivity contribution in [2.75, 3.05) is 6.61 Å². The van der Waals surface area contributed by atoms with Gasteiger partial charge < -0.3 is 25.2 Å². The third-order valence-corrected chi connectivity index (χ3v) is 5.99. The number of aromatic hydroxyl groups is 3. The molecular formula is C25H32O5. The highest BCUT2D eigenvalue weighted by atomic mass is 16.5. The molecular weight excluding hydrogens is 380 g/mol. The molecule has 162 valence electrons. The first-order chi connectivity index (χ1) is 13.9. The van der Waals surface area contributed by atoms with Gasteiger partial charge in [-0.15, -0.1) is 6.58 Å². The topological polar surface area (TPSA) is 90.2 Å². The Kier molecular flexibility index (Phi) is 5.79. The van der Waals surface area contributed by atoms with Crippen LogP contribution >= 0.6 is 0 Å². The molecule has 3 rings (SSSR count). The van der Waals surface area contributed by atoms with Crippen molar-refractivity contribution in [1.29, 1.82) is 0 Å². The Morgan fingerprint density at radius 2 is 1.77 bits per heavy atom. The van der Waals surface area contributed by atoms with E-state index in [9.17, 15) is 20.4 Å². The molecule has 4 N–H and O–H groups in total. The quantitative estimate of drug-likeness (QED) is 0.517. The third-order valence-electron chi connectivity index (χ3n) is 5.99. The van der Waals surface area contributed by atoms with Gasteiger partial charge in [0.15, 0.2) is 0 Å². The Morgan fingerprint density at radius 1 is 1.07 bits per heavy atom. The van der Waals surface area contributed by atoms with Crippen molar-refractivity contribution in [1.82, 2.24) is 0 Å². The molecule has 1 aliphatic rings. The molecule has 0 aromatic heterocycles. The van der Waals surface area contributed by atoms with Crippen LogP contribution in [0.4, 0.5) is 0 Å². The number of phenolic OH excluding ortho intramolecular Hbond substituents is 3. The first-order valence-electron chi connectivity index (χ1n) is 10.3. The fourth-order valence-electron chi connectivity index (χ4n) is 3.93. The van der Waals surface area contributed by atoms with E-state index in [1.807, 2.05) is 26.0 Å². The summed E-state index contributed by atoms with van der Waals surface area (Å²) in [5.41, 5.74) is 1.79. The van der Waals surface area contributed by atoms with Crippen LogP contribution in [0.3, 0.4) is 0 Å². The Balaban J connectivity index is 1.94. The van der Waals surface area contributed by atoms with Crippen molar-refractivity contribution in [2.24, 2.45) is 0 Å². The standard InChI is InChI=1S/C25H32O5/c1-6-24(2,3)19-12-18(21(27)13-22(19)28)16-11-15-7-8-20(26)17(23(15)30-14-16)9-10-25(4,5)29/h6-8,12-13,16,26-29H,1,9-11,14H2,2-5H3. The molecule has 0 amide bonds. The number of fused-ring (bicyclic) bond motifs is 1. The average Bonchev–Trinajstić information content (AvgIpc) is 2.66. The summed E-state index contributed by atoms with van der Waals surface area (Å²) in [6, 6.07) is 6.72. The molecule has 0 bridgehead atoms. The number of rotatable bonds is 6. The van der Waals surface area contributed by atoms with Gasteiger partial charge >= 0.3 is 0 Å². The minimum atomic E-state index is -0.835. The van der Waals surface area contributed by atoms with Gasteiger partial charge in [0.25, 0.3) is 0 Å². The molecule has 1 heterocycles. The van der Waals surface area contributed by atoms with Crippen molar-refractivity contribution in [3.8, 4) is 23.0 Å². The predicted octanol–water partition coefficient (Wildman–Crippen LogP) is 4.69. The van der Waals surface area contributed by atoms with Crippen LogP contribution in [0.2, 0.25) is 0 Å². The first kappa shape index (κ1) is 22.0. The molecule has 0 saturated carbocycles. The van der Waals surface area contributed by atoms with E-state index in [0.717, 1.165) is 11.1 Å². The number of hydrogen-bond acceptors (Lipinski definition) is 5. The van der Waals surface area contributed by atoms with Crippen LogP contribution in [-0.4, -0.2) is 32.6 Å². The normalized spacial score (nSPS) is 16.6. The van der Waals surface area contributed by atoms with E-state index in [1.54, 1.807) is 26.0 Å². The molecule has 30 heavy (non-hydrogen) atoms. The minimum Gasteiger partial charge on any atom is -0.508 e. The van der Waals surface area contributed by atoms with E-state index in [-0.39, 0.29) is 23.2 Å². The maximum atomic E-state index is 10.5. The lowest BCUT2D eigenvalue weighted by Crippen LogP contribution is -2.23. The van der Waals surface area contributed by atoms with Gasteiger partial charge in [0.05, 0.1) is 12.2 Å². The Bertz CT molecular complexity index is 953. The smallest absolute Gasteiger partial charge is 0.129 e. The van der Waals surface area contributed by atoms with E-state index < -0.39 is 11.0 Å². The van der Waals surface area contributed by atoms with Crippen molar-refractivity contribution in [2.45, 2.75) is 63.9 Å². The lowest BCUT2D eigenvalue weighted by atomic mass is 9.80. The summed E-state index contributed by atoms with van der Waals surface area (Å²) in [6.07, 6.45) is 3.42. The number of aliphatic hydroxyl groups is 1. The zero-order chi connectivity index (χ0) is 22.3. The van der Waals surface area contributed by atoms with Crippen LogP contribution in [-0.2, 0) is 18.3 Å². The number of allylic oxidation sites excluding steroid dienone is 1. The Morgan fingerprint density at radius 3 is 2.40 bits per heavy atom. The van der Waals surface area contributed by atoms with Crippen LogP contribution in [0.15, 0.2) is 36.9 Å². The highest BCUT2D eigenvalue weighted by Crippen LogP contribution is 2.44. The molecule has 0 aliphatic carbocycles. The van der Waals surface area contributed by atoms with Gasteiger partial charge in [-0.05, 0) is 50.8 Å². The van der Waals surface area contributed by atoms with Gasteiger partial charge in [0, 0.05) is 34.1 Å². The zero-order valence-corrected chi connectivity index (χ0v) is 18.2. The van der Waals surface area contributed by atoms with Gasteiger partial charge in [-0.1, -0.05) is 26.0 Å². The van der Waals surface area contributed by atoms with E-state index in [0.29, 0.717) is 42.7 Å². The molecule has 0 spiro atoms. The molecule has 2 aromatic carbocycles. The molecule has 5 nitrogen and oxygen atoms in total. The van der Waals surface area contributed by atoms with Crippen molar-refractivity contribution < 1.29 is 25.2 Å². The summed E-state index contributed by atoms with van der Waals surface area (Å²) in [7, 11) is 0. The van der Waals surface area contributed by atoms with Crippen LogP contribution in [0.5, 0.6) is 23.0 Å². The maximum Gasteiger partial charge on any atom is 0.129 e. The fraction of sp³-hybridized carbons (Fsp3) is 0.440. The zero-order valence-electron chi connectivity index (χ0n) is 18.2. The Hall–Kier alpha value is -2.66. The van der Waals surface area contributed by atoms with Gasteiger partial charge in [-0.2, -0.15) is 0 Å². The van der Waals surface area contributed by atoms with E-state index in [2.05, 4.69) is 6.58 Å². The molecule has 1 unspecified atom stereocenters. The second kappa shape index (κ2) is 7.88. The lowest BCUT2D eigenvalue weighted by molar-refractivity contribution is 0.0709. The van der Waals surface area contributed by atoms with Crippen molar-refractivity contribution in [3.05, 3.63) is 59.2 Å². The number of phenols is 3. The number of benzene rings is 2. The number of ether oxygens (including phenoxy) is 1. The van der Waals surface area contributed by atoms with Crippen molar-refractivity contribution in [3.63, 3.8) is 0 Å². The van der Waals surface area contributed by atoms with Gasteiger partial charge in [0.1, 0.15) is 23.0 Å². The minimum absolute atomic E-state index is 0.0363. The predicted molar refractivity (Wildman–Crippen MR) is 118 cm³/mol. The summed E-state index contributed by atoms with van der Waals surface area (Å²) in [6.45, 7) is 11.6. The van der Waals surface area contributed by atoms with Crippen LogP contribution in [0.25, 0.3) is 0 Å². The fourth-order valence-corrected chi connectivity index (χ4v) is 3.93. The van der Waals surface area contributed by atoms with E-state index in [4.69, 9.17) is 4.74 Å². The molecule has 0 radical (unpaired) electrons. The highest BCUT2D eigenvalue weighted by molar-refractivity contribution is 5.54. The summed E-state index contributed by atoms with van der Waals surface area (Å²) >= 11 is 0. The molecule has 1 aliphatic heterocycles. The van der Waals surface area contributed by atoms with Crippen molar-refractivity contribution >= 4 is 0 Å². The Labute approximate surface area is 178 Å². The van der Waals surface area contributed by atoms with E-state index in [1.165, 1.54) is 6.07 Å². The summed E-state index contributed by atoms with van der Waals surface area (Å²) < 4.78 is 6.07. The lowest BCUT2D eigenvalue weighted by Gasteiger charge is -2.30. The largest absolute Gasteiger partial charge is 0.508 e. The second-order valence-electron chi connectivity index (χ2n) is 9.43. The first-order valence-corrected chi connectivity index (χ1v) is 10.3. The third kappa shape index (κ3) is 4.41. The molecule has 1 atom stereocenters. The molecule has 2 aromatic rings. The van der Waals surface area contributed by atoms with Crippen LogP contribution < -0.4 is 4.74 Å². The molecule has 5 heteroatoms. The molecule has 0 fully saturated rings. The monoisotopic (exact) mass is 412 g/mol. The average molecular weight is 413 g/mol.